The molecule has 1 amide bonds. The lowest BCUT2D eigenvalue weighted by Crippen LogP contribution is -2.41. The molecule has 0 saturated carbocycles. The molecule has 0 fully saturated rings. The molecule has 0 atom stereocenters. The van der Waals surface area contributed by atoms with Crippen LogP contribution >= 0.6 is 23.4 Å². The maximum absolute atomic E-state index is 13.5. The fourth-order valence-electron chi connectivity index (χ4n) is 3.50. The van der Waals surface area contributed by atoms with E-state index in [0.29, 0.717) is 22.8 Å². The average Bonchev–Trinajstić information content (AvgIpc) is 2.81. The van der Waals surface area contributed by atoms with Gasteiger partial charge >= 0.3 is 0 Å². The van der Waals surface area contributed by atoms with E-state index in [1.807, 2.05) is 18.7 Å². The van der Waals surface area contributed by atoms with Gasteiger partial charge in [0.2, 0.25) is 5.91 Å². The van der Waals surface area contributed by atoms with Crippen LogP contribution in [0.4, 0.5) is 5.69 Å². The number of thioether (sulfide) groups is 1. The van der Waals surface area contributed by atoms with Gasteiger partial charge in [0.1, 0.15) is 6.54 Å². The molecule has 8 heteroatoms. The molecule has 0 radical (unpaired) electrons. The third-order valence-electron chi connectivity index (χ3n) is 5.50. The summed E-state index contributed by atoms with van der Waals surface area (Å²) >= 11 is 7.89. The first-order chi connectivity index (χ1) is 16.7. The van der Waals surface area contributed by atoms with Gasteiger partial charge in [0.15, 0.2) is 0 Å². The number of nitrogens with one attached hydrogen (secondary N) is 1. The van der Waals surface area contributed by atoms with Crippen LogP contribution in [0.1, 0.15) is 28.7 Å². The van der Waals surface area contributed by atoms with E-state index in [1.54, 1.807) is 49.4 Å². The van der Waals surface area contributed by atoms with Gasteiger partial charge in [-0.3, -0.25) is 9.10 Å². The van der Waals surface area contributed by atoms with Crippen LogP contribution in [0, 0.1) is 20.8 Å². The summed E-state index contributed by atoms with van der Waals surface area (Å²) < 4.78 is 28.2. The number of aryl methyl sites for hydroxylation is 3. The van der Waals surface area contributed by atoms with Gasteiger partial charge in [0.05, 0.1) is 10.6 Å². The number of benzene rings is 3. The summed E-state index contributed by atoms with van der Waals surface area (Å²) in [6.07, 6.45) is 0.799. The molecule has 35 heavy (non-hydrogen) atoms. The third kappa shape index (κ3) is 7.75. The zero-order valence-electron chi connectivity index (χ0n) is 20.3. The zero-order chi connectivity index (χ0) is 25.4. The minimum absolute atomic E-state index is 0.137. The molecule has 186 valence electrons. The number of rotatable bonds is 11. The van der Waals surface area contributed by atoms with E-state index in [9.17, 15) is 13.2 Å². The highest BCUT2D eigenvalue weighted by Gasteiger charge is 2.28. The van der Waals surface area contributed by atoms with Gasteiger partial charge in [-0.2, -0.15) is 11.8 Å². The summed E-state index contributed by atoms with van der Waals surface area (Å²) in [7, 11) is -3.95. The number of sulfonamides is 1. The van der Waals surface area contributed by atoms with Crippen LogP contribution in [0.5, 0.6) is 0 Å². The first kappa shape index (κ1) is 27.1. The Morgan fingerprint density at radius 2 is 1.57 bits per heavy atom. The van der Waals surface area contributed by atoms with Gasteiger partial charge in [0.25, 0.3) is 10.0 Å². The Morgan fingerprint density at radius 1 is 0.943 bits per heavy atom. The number of nitrogens with zero attached hydrogens (tertiary/aromatic N) is 1. The smallest absolute Gasteiger partial charge is 0.264 e. The van der Waals surface area contributed by atoms with Crippen molar-refractivity contribution < 1.29 is 13.2 Å². The molecule has 0 bridgehead atoms. The molecule has 0 saturated heterocycles. The summed E-state index contributed by atoms with van der Waals surface area (Å²) in [5.74, 6) is 1.47. The molecule has 3 aromatic carbocycles. The molecular formula is C27H31ClN2O3S2. The van der Waals surface area contributed by atoms with Crippen LogP contribution in [0.3, 0.4) is 0 Å². The van der Waals surface area contributed by atoms with Crippen LogP contribution in [-0.4, -0.2) is 33.2 Å². The molecule has 0 aromatic heterocycles. The van der Waals surface area contributed by atoms with E-state index < -0.39 is 10.0 Å². The van der Waals surface area contributed by atoms with Crippen molar-refractivity contribution in [1.29, 1.82) is 0 Å². The molecule has 5 nitrogen and oxygen atoms in total. The SMILES string of the molecule is Cc1ccc(CSCCCNC(=O)CN(c2ccc(Cl)cc2C)S(=O)(=O)c2ccc(C)cc2)cc1. The van der Waals surface area contributed by atoms with Crippen LogP contribution < -0.4 is 9.62 Å². The first-order valence-corrected chi connectivity index (χ1v) is 14.4. The first-order valence-electron chi connectivity index (χ1n) is 11.4. The van der Waals surface area contributed by atoms with Crippen molar-refractivity contribution in [2.24, 2.45) is 0 Å². The summed E-state index contributed by atoms with van der Waals surface area (Å²) in [6, 6.07) is 20.0. The predicted octanol–water partition coefficient (Wildman–Crippen LogP) is 5.90. The largest absolute Gasteiger partial charge is 0.354 e. The monoisotopic (exact) mass is 530 g/mol. The number of hydrogen-bond acceptors (Lipinski definition) is 4. The highest BCUT2D eigenvalue weighted by Crippen LogP contribution is 2.29. The molecule has 3 rings (SSSR count). The molecule has 0 aliphatic heterocycles. The number of carbonyl (C=O) groups excluding carboxylic acids is 1. The normalized spacial score (nSPS) is 11.3. The van der Waals surface area contributed by atoms with Gasteiger partial charge < -0.3 is 5.32 Å². The van der Waals surface area contributed by atoms with Crippen molar-refractivity contribution in [2.75, 3.05) is 23.1 Å². The molecule has 1 N–H and O–H groups in total. The molecule has 0 aliphatic carbocycles. The Labute approximate surface area is 217 Å². The quantitative estimate of drug-likeness (QED) is 0.313. The van der Waals surface area contributed by atoms with Crippen molar-refractivity contribution in [1.82, 2.24) is 5.32 Å². The number of anilines is 1. The lowest BCUT2D eigenvalue weighted by Gasteiger charge is -2.26. The predicted molar refractivity (Wildman–Crippen MR) is 147 cm³/mol. The van der Waals surface area contributed by atoms with E-state index in [1.165, 1.54) is 11.1 Å². The molecular weight excluding hydrogens is 500 g/mol. The molecule has 0 heterocycles. The molecule has 0 aliphatic rings. The minimum atomic E-state index is -3.95. The zero-order valence-corrected chi connectivity index (χ0v) is 22.6. The lowest BCUT2D eigenvalue weighted by molar-refractivity contribution is -0.119. The fraction of sp³-hybridized carbons (Fsp3) is 0.296. The Bertz CT molecular complexity index is 1240. The van der Waals surface area contributed by atoms with Crippen LogP contribution in [0.25, 0.3) is 0 Å². The van der Waals surface area contributed by atoms with E-state index >= 15 is 0 Å². The Morgan fingerprint density at radius 3 is 2.20 bits per heavy atom. The van der Waals surface area contributed by atoms with Crippen molar-refractivity contribution in [3.63, 3.8) is 0 Å². The van der Waals surface area contributed by atoms with Crippen molar-refractivity contribution in [2.45, 2.75) is 37.8 Å². The summed E-state index contributed by atoms with van der Waals surface area (Å²) in [6.45, 7) is 5.92. The highest BCUT2D eigenvalue weighted by atomic mass is 35.5. The van der Waals surface area contributed by atoms with Crippen molar-refractivity contribution in [3.8, 4) is 0 Å². The van der Waals surface area contributed by atoms with Crippen LogP contribution in [0.15, 0.2) is 71.6 Å². The van der Waals surface area contributed by atoms with Crippen molar-refractivity contribution >= 4 is 45.0 Å². The van der Waals surface area contributed by atoms with E-state index in [2.05, 4.69) is 36.5 Å². The summed E-state index contributed by atoms with van der Waals surface area (Å²) in [5, 5.41) is 3.37. The van der Waals surface area contributed by atoms with E-state index in [-0.39, 0.29) is 17.3 Å². The van der Waals surface area contributed by atoms with Gasteiger partial charge in [-0.15, -0.1) is 0 Å². The Kier molecular flexibility index (Phi) is 9.66. The van der Waals surface area contributed by atoms with E-state index in [0.717, 1.165) is 27.8 Å². The molecule has 3 aromatic rings. The van der Waals surface area contributed by atoms with Gasteiger partial charge in [-0.1, -0.05) is 59.1 Å². The van der Waals surface area contributed by atoms with Crippen molar-refractivity contribution in [3.05, 3.63) is 94.0 Å². The maximum atomic E-state index is 13.5. The van der Waals surface area contributed by atoms with E-state index in [4.69, 9.17) is 11.6 Å². The van der Waals surface area contributed by atoms with Crippen LogP contribution in [0.2, 0.25) is 5.02 Å². The minimum Gasteiger partial charge on any atom is -0.354 e. The second-order valence-electron chi connectivity index (χ2n) is 8.50. The second-order valence-corrected chi connectivity index (χ2v) is 11.9. The number of amides is 1. The third-order valence-corrected chi connectivity index (χ3v) is 8.62. The number of halogens is 1. The lowest BCUT2D eigenvalue weighted by atomic mass is 10.2. The molecule has 0 spiro atoms. The highest BCUT2D eigenvalue weighted by molar-refractivity contribution is 7.98. The fourth-order valence-corrected chi connectivity index (χ4v) is 6.13. The standard InChI is InChI=1S/C27H31ClN2O3S2/c1-20-5-9-23(10-6-20)19-34-16-4-15-29-27(31)18-30(26-14-11-24(28)17-22(26)3)35(32,33)25-12-7-21(2)8-13-25/h5-14,17H,4,15-16,18-19H2,1-3H3,(H,29,31). The molecule has 0 unspecified atom stereocenters. The van der Waals surface area contributed by atoms with Gasteiger partial charge in [0, 0.05) is 17.3 Å². The topological polar surface area (TPSA) is 66.5 Å². The number of hydrogen-bond donors (Lipinski definition) is 1. The summed E-state index contributed by atoms with van der Waals surface area (Å²) in [4.78, 5) is 12.9. The Hall–Kier alpha value is -2.48. The van der Waals surface area contributed by atoms with Gasteiger partial charge in [-0.05, 0) is 74.4 Å². The summed E-state index contributed by atoms with van der Waals surface area (Å²) in [5.41, 5.74) is 4.58. The number of carbonyl (C=O) groups is 1. The van der Waals surface area contributed by atoms with Gasteiger partial charge in [-0.25, -0.2) is 8.42 Å². The maximum Gasteiger partial charge on any atom is 0.264 e. The Balaban J connectivity index is 1.62. The average molecular weight is 531 g/mol. The second kappa shape index (κ2) is 12.5. The van der Waals surface area contributed by atoms with Crippen LogP contribution in [-0.2, 0) is 20.6 Å².